The van der Waals surface area contributed by atoms with Crippen LogP contribution in [0.4, 0.5) is 5.69 Å². The number of nitrogens with zero attached hydrogens (tertiary/aromatic N) is 3. The lowest BCUT2D eigenvalue weighted by atomic mass is 9.91. The van der Waals surface area contributed by atoms with Crippen LogP contribution in [0, 0.1) is 0 Å². The average molecular weight is 222 g/mol. The molecule has 4 nitrogen and oxygen atoms in total. The molecule has 0 atom stereocenters. The van der Waals surface area contributed by atoms with Crippen molar-refractivity contribution in [2.75, 3.05) is 31.1 Å². The van der Waals surface area contributed by atoms with Gasteiger partial charge in [-0.2, -0.15) is 5.10 Å². The van der Waals surface area contributed by atoms with Crippen molar-refractivity contribution in [3.63, 3.8) is 0 Å². The molecular formula is C12H22N4. The van der Waals surface area contributed by atoms with Crippen LogP contribution in [0.2, 0.25) is 0 Å². The molecule has 0 aromatic carbocycles. The molecule has 0 unspecified atom stereocenters. The largest absolute Gasteiger partial charge is 0.366 e. The Morgan fingerprint density at radius 2 is 1.88 bits per heavy atom. The molecule has 0 saturated carbocycles. The molecule has 1 N–H and O–H groups in total. The van der Waals surface area contributed by atoms with Crippen LogP contribution in [0.1, 0.15) is 26.5 Å². The molecule has 1 aliphatic rings. The molecule has 0 radical (unpaired) electrons. The van der Waals surface area contributed by atoms with E-state index in [0.717, 1.165) is 26.2 Å². The number of rotatable bonds is 1. The smallest absolute Gasteiger partial charge is 0.0911 e. The van der Waals surface area contributed by atoms with Gasteiger partial charge in [-0.25, -0.2) is 0 Å². The third-order valence-corrected chi connectivity index (χ3v) is 2.98. The van der Waals surface area contributed by atoms with Crippen LogP contribution in [-0.4, -0.2) is 36.0 Å². The topological polar surface area (TPSA) is 33.1 Å². The van der Waals surface area contributed by atoms with Crippen LogP contribution in [0.25, 0.3) is 0 Å². The molecule has 16 heavy (non-hydrogen) atoms. The molecule has 90 valence electrons. The third kappa shape index (κ3) is 2.21. The number of nitrogens with one attached hydrogen (secondary N) is 1. The molecule has 4 heteroatoms. The number of piperazine rings is 1. The van der Waals surface area contributed by atoms with Gasteiger partial charge in [-0.05, 0) is 0 Å². The molecule has 1 aromatic rings. The Bertz CT molecular complexity index is 356. The molecule has 0 aliphatic carbocycles. The Balaban J connectivity index is 2.31. The summed E-state index contributed by atoms with van der Waals surface area (Å²) in [5.41, 5.74) is 2.62. The van der Waals surface area contributed by atoms with Gasteiger partial charge in [0.1, 0.15) is 0 Å². The van der Waals surface area contributed by atoms with E-state index in [2.05, 4.69) is 42.3 Å². The van der Waals surface area contributed by atoms with E-state index in [1.807, 2.05) is 11.7 Å². The summed E-state index contributed by atoms with van der Waals surface area (Å²) in [5, 5.41) is 7.99. The van der Waals surface area contributed by atoms with Crippen molar-refractivity contribution >= 4 is 5.69 Å². The molecule has 0 spiro atoms. The minimum absolute atomic E-state index is 0.113. The second kappa shape index (κ2) is 4.09. The van der Waals surface area contributed by atoms with E-state index in [1.54, 1.807) is 0 Å². The van der Waals surface area contributed by atoms with Gasteiger partial charge in [-0.15, -0.1) is 0 Å². The van der Waals surface area contributed by atoms with Gasteiger partial charge in [0, 0.05) is 44.8 Å². The van der Waals surface area contributed by atoms with Crippen LogP contribution in [0.3, 0.4) is 0 Å². The van der Waals surface area contributed by atoms with Crippen molar-refractivity contribution in [3.05, 3.63) is 11.9 Å². The third-order valence-electron chi connectivity index (χ3n) is 2.98. The maximum Gasteiger partial charge on any atom is 0.0911 e. The predicted octanol–water partition coefficient (Wildman–Crippen LogP) is 1.13. The fraction of sp³-hybridized carbons (Fsp3) is 0.750. The lowest BCUT2D eigenvalue weighted by molar-refractivity contribution is 0.543. The summed E-state index contributed by atoms with van der Waals surface area (Å²) in [7, 11) is 2.00. The minimum atomic E-state index is 0.113. The van der Waals surface area contributed by atoms with Crippen LogP contribution in [-0.2, 0) is 12.5 Å². The van der Waals surface area contributed by atoms with E-state index < -0.39 is 0 Å². The molecule has 0 amide bonds. The van der Waals surface area contributed by atoms with Crippen molar-refractivity contribution in [1.29, 1.82) is 0 Å². The van der Waals surface area contributed by atoms with Crippen molar-refractivity contribution in [2.24, 2.45) is 7.05 Å². The first-order chi connectivity index (χ1) is 7.48. The number of hydrogen-bond acceptors (Lipinski definition) is 3. The summed E-state index contributed by atoms with van der Waals surface area (Å²) in [5.74, 6) is 0. The van der Waals surface area contributed by atoms with Crippen LogP contribution < -0.4 is 10.2 Å². The Morgan fingerprint density at radius 3 is 2.44 bits per heavy atom. The van der Waals surface area contributed by atoms with Gasteiger partial charge in [0.25, 0.3) is 0 Å². The standard InChI is InChI=1S/C12H22N4/c1-12(2,3)11-10(9-15(4)14-11)16-7-5-13-6-8-16/h9,13H,5-8H2,1-4H3. The van der Waals surface area contributed by atoms with E-state index >= 15 is 0 Å². The van der Waals surface area contributed by atoms with Gasteiger partial charge in [0.15, 0.2) is 0 Å². The SMILES string of the molecule is Cn1cc(N2CCNCC2)c(C(C)(C)C)n1. The summed E-state index contributed by atoms with van der Waals surface area (Å²) < 4.78 is 1.93. The van der Waals surface area contributed by atoms with Gasteiger partial charge in [0.05, 0.1) is 11.4 Å². The van der Waals surface area contributed by atoms with E-state index in [9.17, 15) is 0 Å². The first-order valence-electron chi connectivity index (χ1n) is 5.98. The number of aryl methyl sites for hydroxylation is 1. The molecule has 1 aromatic heterocycles. The fourth-order valence-electron chi connectivity index (χ4n) is 2.15. The maximum atomic E-state index is 4.61. The van der Waals surface area contributed by atoms with Crippen molar-refractivity contribution < 1.29 is 0 Å². The van der Waals surface area contributed by atoms with Gasteiger partial charge >= 0.3 is 0 Å². The van der Waals surface area contributed by atoms with Gasteiger partial charge in [-0.3, -0.25) is 4.68 Å². The quantitative estimate of drug-likeness (QED) is 0.773. The molecule has 2 rings (SSSR count). The monoisotopic (exact) mass is 222 g/mol. The predicted molar refractivity (Wildman–Crippen MR) is 67.0 cm³/mol. The lowest BCUT2D eigenvalue weighted by Crippen LogP contribution is -2.44. The number of aromatic nitrogens is 2. The van der Waals surface area contributed by atoms with Crippen LogP contribution in [0.15, 0.2) is 6.20 Å². The average Bonchev–Trinajstić information content (AvgIpc) is 2.61. The van der Waals surface area contributed by atoms with Crippen molar-refractivity contribution in [3.8, 4) is 0 Å². The van der Waals surface area contributed by atoms with Crippen LogP contribution >= 0.6 is 0 Å². The summed E-state index contributed by atoms with van der Waals surface area (Å²) in [6, 6.07) is 0. The van der Waals surface area contributed by atoms with Crippen molar-refractivity contribution in [1.82, 2.24) is 15.1 Å². The number of hydrogen-bond donors (Lipinski definition) is 1. The lowest BCUT2D eigenvalue weighted by Gasteiger charge is -2.31. The molecule has 1 saturated heterocycles. The summed E-state index contributed by atoms with van der Waals surface area (Å²) in [6.45, 7) is 11.0. The highest BCUT2D eigenvalue weighted by molar-refractivity contribution is 5.52. The normalized spacial score (nSPS) is 17.9. The van der Waals surface area contributed by atoms with E-state index in [0.29, 0.717) is 0 Å². The van der Waals surface area contributed by atoms with Crippen LogP contribution in [0.5, 0.6) is 0 Å². The Hall–Kier alpha value is -1.03. The minimum Gasteiger partial charge on any atom is -0.366 e. The fourth-order valence-corrected chi connectivity index (χ4v) is 2.15. The molecule has 1 aliphatic heterocycles. The second-order valence-corrected chi connectivity index (χ2v) is 5.52. The van der Waals surface area contributed by atoms with E-state index in [1.165, 1.54) is 11.4 Å². The van der Waals surface area contributed by atoms with Crippen molar-refractivity contribution in [2.45, 2.75) is 26.2 Å². The maximum absolute atomic E-state index is 4.61. The number of anilines is 1. The first-order valence-corrected chi connectivity index (χ1v) is 5.98. The second-order valence-electron chi connectivity index (χ2n) is 5.52. The summed E-state index contributed by atoms with van der Waals surface area (Å²) in [6.07, 6.45) is 2.14. The highest BCUT2D eigenvalue weighted by Crippen LogP contribution is 2.30. The van der Waals surface area contributed by atoms with Gasteiger partial charge in [-0.1, -0.05) is 20.8 Å². The Labute approximate surface area is 97.6 Å². The zero-order chi connectivity index (χ0) is 11.8. The zero-order valence-electron chi connectivity index (χ0n) is 10.7. The highest BCUT2D eigenvalue weighted by Gasteiger charge is 2.25. The summed E-state index contributed by atoms with van der Waals surface area (Å²) >= 11 is 0. The van der Waals surface area contributed by atoms with Gasteiger partial charge in [0.2, 0.25) is 0 Å². The first kappa shape index (κ1) is 11.5. The Kier molecular flexibility index (Phi) is 2.93. The Morgan fingerprint density at radius 1 is 1.25 bits per heavy atom. The molecule has 1 fully saturated rings. The summed E-state index contributed by atoms with van der Waals surface area (Å²) in [4.78, 5) is 2.43. The molecular weight excluding hydrogens is 200 g/mol. The van der Waals surface area contributed by atoms with Gasteiger partial charge < -0.3 is 10.2 Å². The zero-order valence-corrected chi connectivity index (χ0v) is 10.7. The highest BCUT2D eigenvalue weighted by atomic mass is 15.3. The van der Waals surface area contributed by atoms with E-state index in [4.69, 9.17) is 0 Å². The van der Waals surface area contributed by atoms with E-state index in [-0.39, 0.29) is 5.41 Å². The molecule has 0 bridgehead atoms. The molecule has 2 heterocycles.